The number of likely N-dealkylation sites (tertiary alicyclic amines) is 1. The maximum atomic E-state index is 12.6. The van der Waals surface area contributed by atoms with Gasteiger partial charge in [0.2, 0.25) is 5.95 Å². The van der Waals surface area contributed by atoms with Crippen LogP contribution < -0.4 is 11.1 Å². The second-order valence-electron chi connectivity index (χ2n) is 6.95. The van der Waals surface area contributed by atoms with Crippen LogP contribution in [0.5, 0.6) is 0 Å². The van der Waals surface area contributed by atoms with E-state index < -0.39 is 0 Å². The molecule has 3 rings (SSSR count). The summed E-state index contributed by atoms with van der Waals surface area (Å²) in [6, 6.07) is 8.01. The number of rotatable bonds is 5. The Labute approximate surface area is 165 Å². The SMILES string of the molecule is Cc1nc(N)ncc1C(=O)NC[C@H](c1ccc(Cl)cc1)N1CCCCCC1. The molecule has 7 heteroatoms. The maximum Gasteiger partial charge on any atom is 0.254 e. The van der Waals surface area contributed by atoms with Crippen molar-refractivity contribution in [1.29, 1.82) is 0 Å². The lowest BCUT2D eigenvalue weighted by molar-refractivity contribution is 0.0932. The van der Waals surface area contributed by atoms with Gasteiger partial charge in [-0.1, -0.05) is 36.6 Å². The molecule has 1 fully saturated rings. The third kappa shape index (κ3) is 5.17. The van der Waals surface area contributed by atoms with Gasteiger partial charge in [-0.2, -0.15) is 0 Å². The Kier molecular flexibility index (Phi) is 6.63. The molecule has 2 heterocycles. The molecular weight excluding hydrogens is 362 g/mol. The molecule has 1 atom stereocenters. The second kappa shape index (κ2) is 9.15. The Morgan fingerprint density at radius 2 is 1.89 bits per heavy atom. The monoisotopic (exact) mass is 387 g/mol. The van der Waals surface area contributed by atoms with E-state index >= 15 is 0 Å². The molecule has 0 bridgehead atoms. The molecule has 1 aromatic heterocycles. The van der Waals surface area contributed by atoms with Crippen molar-refractivity contribution in [2.75, 3.05) is 25.4 Å². The lowest BCUT2D eigenvalue weighted by Gasteiger charge is -2.31. The Morgan fingerprint density at radius 1 is 1.22 bits per heavy atom. The maximum absolute atomic E-state index is 12.6. The fourth-order valence-corrected chi connectivity index (χ4v) is 3.67. The van der Waals surface area contributed by atoms with E-state index in [0.717, 1.165) is 18.7 Å². The number of benzene rings is 1. The molecule has 0 unspecified atom stereocenters. The minimum Gasteiger partial charge on any atom is -0.368 e. The van der Waals surface area contributed by atoms with Crippen molar-refractivity contribution < 1.29 is 4.79 Å². The van der Waals surface area contributed by atoms with Gasteiger partial charge in [0, 0.05) is 17.8 Å². The first kappa shape index (κ1) is 19.6. The topological polar surface area (TPSA) is 84.1 Å². The summed E-state index contributed by atoms with van der Waals surface area (Å²) >= 11 is 6.06. The first-order chi connectivity index (χ1) is 13.0. The number of amides is 1. The molecule has 144 valence electrons. The molecule has 1 saturated heterocycles. The Morgan fingerprint density at radius 3 is 2.52 bits per heavy atom. The molecule has 3 N–H and O–H groups in total. The molecule has 0 spiro atoms. The number of hydrogen-bond donors (Lipinski definition) is 2. The van der Waals surface area contributed by atoms with Crippen molar-refractivity contribution in [3.05, 3.63) is 52.3 Å². The van der Waals surface area contributed by atoms with Crippen LogP contribution in [0.25, 0.3) is 0 Å². The molecule has 1 aliphatic rings. The van der Waals surface area contributed by atoms with E-state index in [2.05, 4.69) is 20.2 Å². The van der Waals surface area contributed by atoms with E-state index in [0.29, 0.717) is 22.8 Å². The van der Waals surface area contributed by atoms with Crippen LogP contribution in [-0.2, 0) is 0 Å². The lowest BCUT2D eigenvalue weighted by Crippen LogP contribution is -2.39. The van der Waals surface area contributed by atoms with Crippen LogP contribution in [0.4, 0.5) is 5.95 Å². The van der Waals surface area contributed by atoms with Gasteiger partial charge in [-0.05, 0) is 50.6 Å². The van der Waals surface area contributed by atoms with Gasteiger partial charge in [0.25, 0.3) is 5.91 Å². The predicted octanol–water partition coefficient (Wildman–Crippen LogP) is 3.37. The van der Waals surface area contributed by atoms with Crippen LogP contribution in [0.2, 0.25) is 5.02 Å². The quantitative estimate of drug-likeness (QED) is 0.821. The number of carbonyl (C=O) groups is 1. The fourth-order valence-electron chi connectivity index (χ4n) is 3.54. The molecule has 0 radical (unpaired) electrons. The summed E-state index contributed by atoms with van der Waals surface area (Å²) in [5, 5.41) is 3.77. The summed E-state index contributed by atoms with van der Waals surface area (Å²) in [5.41, 5.74) is 7.77. The molecule has 0 saturated carbocycles. The average molecular weight is 388 g/mol. The highest BCUT2D eigenvalue weighted by atomic mass is 35.5. The molecule has 1 amide bonds. The fraction of sp³-hybridized carbons (Fsp3) is 0.450. The van der Waals surface area contributed by atoms with Gasteiger partial charge < -0.3 is 11.1 Å². The number of nitrogens with two attached hydrogens (primary N) is 1. The Hall–Kier alpha value is -2.18. The van der Waals surface area contributed by atoms with Crippen LogP contribution in [0.3, 0.4) is 0 Å². The number of aryl methyl sites for hydroxylation is 1. The Bertz CT molecular complexity index is 772. The van der Waals surface area contributed by atoms with Gasteiger partial charge in [0.15, 0.2) is 0 Å². The van der Waals surface area contributed by atoms with Crippen molar-refractivity contribution in [1.82, 2.24) is 20.2 Å². The van der Waals surface area contributed by atoms with Gasteiger partial charge in [-0.3, -0.25) is 9.69 Å². The van der Waals surface area contributed by atoms with Crippen LogP contribution in [-0.4, -0.2) is 40.4 Å². The van der Waals surface area contributed by atoms with E-state index in [4.69, 9.17) is 17.3 Å². The summed E-state index contributed by atoms with van der Waals surface area (Å²) in [5.74, 6) is -0.00561. The molecule has 27 heavy (non-hydrogen) atoms. The number of aromatic nitrogens is 2. The summed E-state index contributed by atoms with van der Waals surface area (Å²) in [7, 11) is 0. The summed E-state index contributed by atoms with van der Waals surface area (Å²) < 4.78 is 0. The third-order valence-corrected chi connectivity index (χ3v) is 5.29. The number of nitrogens with zero attached hydrogens (tertiary/aromatic N) is 3. The number of nitrogens with one attached hydrogen (secondary N) is 1. The van der Waals surface area contributed by atoms with Crippen molar-refractivity contribution >= 4 is 23.5 Å². The Balaban J connectivity index is 1.76. The van der Waals surface area contributed by atoms with E-state index in [1.807, 2.05) is 24.3 Å². The van der Waals surface area contributed by atoms with E-state index in [-0.39, 0.29) is 17.9 Å². The van der Waals surface area contributed by atoms with Crippen LogP contribution in [0, 0.1) is 6.92 Å². The number of hydrogen-bond acceptors (Lipinski definition) is 5. The minimum atomic E-state index is -0.179. The summed E-state index contributed by atoms with van der Waals surface area (Å²) in [6.45, 7) is 4.35. The number of carbonyl (C=O) groups excluding carboxylic acids is 1. The number of halogens is 1. The summed E-state index contributed by atoms with van der Waals surface area (Å²) in [6.07, 6.45) is 6.37. The zero-order chi connectivity index (χ0) is 19.2. The van der Waals surface area contributed by atoms with E-state index in [1.165, 1.54) is 31.9 Å². The smallest absolute Gasteiger partial charge is 0.254 e. The number of anilines is 1. The molecule has 0 aliphatic carbocycles. The highest BCUT2D eigenvalue weighted by molar-refractivity contribution is 6.30. The second-order valence-corrected chi connectivity index (χ2v) is 7.39. The van der Waals surface area contributed by atoms with Crippen LogP contribution >= 0.6 is 11.6 Å². The van der Waals surface area contributed by atoms with E-state index in [9.17, 15) is 4.79 Å². The zero-order valence-electron chi connectivity index (χ0n) is 15.6. The van der Waals surface area contributed by atoms with Gasteiger partial charge in [0.1, 0.15) is 0 Å². The van der Waals surface area contributed by atoms with Crippen molar-refractivity contribution in [2.24, 2.45) is 0 Å². The van der Waals surface area contributed by atoms with Gasteiger partial charge in [-0.25, -0.2) is 9.97 Å². The minimum absolute atomic E-state index is 0.110. The zero-order valence-corrected chi connectivity index (χ0v) is 16.4. The molecule has 1 aromatic carbocycles. The number of nitrogen functional groups attached to an aromatic ring is 1. The highest BCUT2D eigenvalue weighted by Gasteiger charge is 2.23. The third-order valence-electron chi connectivity index (χ3n) is 5.03. The molecular formula is C20H26ClN5O. The largest absolute Gasteiger partial charge is 0.368 e. The molecule has 6 nitrogen and oxygen atoms in total. The van der Waals surface area contributed by atoms with Crippen molar-refractivity contribution in [3.8, 4) is 0 Å². The predicted molar refractivity (Wildman–Crippen MR) is 108 cm³/mol. The average Bonchev–Trinajstić information content (AvgIpc) is 2.92. The van der Waals surface area contributed by atoms with Crippen molar-refractivity contribution in [2.45, 2.75) is 38.6 Å². The van der Waals surface area contributed by atoms with Crippen LogP contribution in [0.15, 0.2) is 30.5 Å². The molecule has 2 aromatic rings. The van der Waals surface area contributed by atoms with E-state index in [1.54, 1.807) is 6.92 Å². The standard InChI is InChI=1S/C20H26ClN5O/c1-14-17(12-24-20(22)25-14)19(27)23-13-18(15-6-8-16(21)9-7-15)26-10-4-2-3-5-11-26/h6-9,12,18H,2-5,10-11,13H2,1H3,(H,23,27)(H2,22,24,25)/t18-/m1/s1. The van der Waals surface area contributed by atoms with Gasteiger partial charge in [0.05, 0.1) is 17.3 Å². The molecule has 1 aliphatic heterocycles. The van der Waals surface area contributed by atoms with Crippen LogP contribution in [0.1, 0.15) is 53.3 Å². The highest BCUT2D eigenvalue weighted by Crippen LogP contribution is 2.25. The first-order valence-corrected chi connectivity index (χ1v) is 9.79. The van der Waals surface area contributed by atoms with Gasteiger partial charge in [-0.15, -0.1) is 0 Å². The lowest BCUT2D eigenvalue weighted by atomic mass is 10.0. The van der Waals surface area contributed by atoms with Gasteiger partial charge >= 0.3 is 0 Å². The normalized spacial score (nSPS) is 16.5. The first-order valence-electron chi connectivity index (χ1n) is 9.41. The van der Waals surface area contributed by atoms with Crippen molar-refractivity contribution in [3.63, 3.8) is 0 Å². The summed E-state index contributed by atoms with van der Waals surface area (Å²) in [4.78, 5) is 23.1.